The highest BCUT2D eigenvalue weighted by atomic mass is 19.4. The maximum atomic E-state index is 12.9. The number of alkyl halides is 3. The third kappa shape index (κ3) is 3.83. The summed E-state index contributed by atoms with van der Waals surface area (Å²) < 4.78 is 42.8. The number of rotatable bonds is 3. The largest absolute Gasteiger partial charge is 0.573 e. The van der Waals surface area contributed by atoms with Gasteiger partial charge < -0.3 is 19.1 Å². The van der Waals surface area contributed by atoms with Crippen LogP contribution in [0.1, 0.15) is 18.4 Å². The van der Waals surface area contributed by atoms with E-state index in [-0.39, 0.29) is 22.3 Å². The molecule has 3 heterocycles. The van der Waals surface area contributed by atoms with Crippen LogP contribution in [-0.2, 0) is 7.05 Å². The Labute approximate surface area is 194 Å². The van der Waals surface area contributed by atoms with Crippen molar-refractivity contribution in [2.45, 2.75) is 19.2 Å². The molecule has 0 bridgehead atoms. The molecular weight excluding hydrogens is 445 g/mol. The van der Waals surface area contributed by atoms with Gasteiger partial charge in [-0.15, -0.1) is 13.2 Å². The predicted molar refractivity (Wildman–Crippen MR) is 123 cm³/mol. The topological polar surface area (TPSA) is 61.5 Å². The molecule has 0 radical (unpaired) electrons. The molecule has 0 saturated carbocycles. The summed E-state index contributed by atoms with van der Waals surface area (Å²) in [6, 6.07) is 15.7. The Hall–Kier alpha value is -3.67. The molecule has 1 unspecified atom stereocenters. The molecule has 2 fully saturated rings. The van der Waals surface area contributed by atoms with Gasteiger partial charge in [0.2, 0.25) is 0 Å². The van der Waals surface area contributed by atoms with Crippen molar-refractivity contribution in [3.05, 3.63) is 64.4 Å². The normalized spacial score (nSPS) is 20.3. The number of para-hydroxylation sites is 1. The molecule has 2 saturated heterocycles. The van der Waals surface area contributed by atoms with Gasteiger partial charge in [0.15, 0.2) is 0 Å². The van der Waals surface area contributed by atoms with Gasteiger partial charge in [-0.05, 0) is 43.2 Å². The number of pyridine rings is 1. The molecule has 1 atom stereocenters. The number of halogens is 3. The zero-order valence-electron chi connectivity index (χ0n) is 18.6. The van der Waals surface area contributed by atoms with Gasteiger partial charge >= 0.3 is 6.36 Å². The molecule has 2 aliphatic rings. The summed E-state index contributed by atoms with van der Waals surface area (Å²) in [5, 5.41) is 10.7. The number of benzene rings is 2. The molecule has 6 nitrogen and oxygen atoms in total. The molecule has 1 aromatic heterocycles. The number of fused-ring (bicyclic) bond motifs is 1. The second-order valence-corrected chi connectivity index (χ2v) is 9.10. The van der Waals surface area contributed by atoms with Crippen LogP contribution in [0, 0.1) is 16.7 Å². The van der Waals surface area contributed by atoms with Crippen LogP contribution in [0.25, 0.3) is 10.9 Å². The van der Waals surface area contributed by atoms with Crippen LogP contribution in [0.2, 0.25) is 0 Å². The quantitative estimate of drug-likeness (QED) is 0.570. The minimum atomic E-state index is -4.71. The molecule has 2 aliphatic heterocycles. The SMILES string of the molecule is Cn1c(=O)c(C#N)c(N2CCC3(CCN(c4ccc(OC(F)(F)F)cc4)C3)C2)c2ccccc21. The third-order valence-corrected chi connectivity index (χ3v) is 7.02. The summed E-state index contributed by atoms with van der Waals surface area (Å²) in [7, 11) is 1.68. The van der Waals surface area contributed by atoms with Crippen LogP contribution in [-0.4, -0.2) is 37.1 Å². The van der Waals surface area contributed by atoms with E-state index in [1.807, 2.05) is 24.3 Å². The lowest BCUT2D eigenvalue weighted by atomic mass is 9.86. The Morgan fingerprint density at radius 1 is 1.00 bits per heavy atom. The van der Waals surface area contributed by atoms with Gasteiger partial charge in [-0.25, -0.2) is 0 Å². The van der Waals surface area contributed by atoms with Crippen molar-refractivity contribution in [3.63, 3.8) is 0 Å². The number of aromatic nitrogens is 1. The molecule has 5 rings (SSSR count). The van der Waals surface area contributed by atoms with E-state index in [1.165, 1.54) is 16.7 Å². The highest BCUT2D eigenvalue weighted by molar-refractivity contribution is 5.95. The van der Waals surface area contributed by atoms with Crippen molar-refractivity contribution < 1.29 is 17.9 Å². The summed E-state index contributed by atoms with van der Waals surface area (Å²) >= 11 is 0. The van der Waals surface area contributed by atoms with Gasteiger partial charge in [0.05, 0.1) is 11.2 Å². The lowest BCUT2D eigenvalue weighted by Gasteiger charge is -2.27. The lowest BCUT2D eigenvalue weighted by molar-refractivity contribution is -0.274. The summed E-state index contributed by atoms with van der Waals surface area (Å²) in [6.45, 7) is 2.99. The monoisotopic (exact) mass is 468 g/mol. The smallest absolute Gasteiger partial charge is 0.406 e. The summed E-state index contributed by atoms with van der Waals surface area (Å²) in [5.41, 5.74) is 2.18. The predicted octanol–water partition coefficient (Wildman–Crippen LogP) is 4.42. The van der Waals surface area contributed by atoms with Gasteiger partial charge in [-0.1, -0.05) is 18.2 Å². The Kier molecular flexibility index (Phi) is 5.19. The number of ether oxygens (including phenoxy) is 1. The fourth-order valence-electron chi connectivity index (χ4n) is 5.38. The first-order valence-corrected chi connectivity index (χ1v) is 11.1. The molecule has 0 N–H and O–H groups in total. The first-order valence-electron chi connectivity index (χ1n) is 11.1. The molecule has 34 heavy (non-hydrogen) atoms. The van der Waals surface area contributed by atoms with Crippen LogP contribution in [0.15, 0.2) is 53.3 Å². The minimum absolute atomic E-state index is 0.0178. The van der Waals surface area contributed by atoms with Crippen LogP contribution >= 0.6 is 0 Å². The molecule has 9 heteroatoms. The van der Waals surface area contributed by atoms with Gasteiger partial charge in [-0.2, -0.15) is 5.26 Å². The zero-order valence-corrected chi connectivity index (χ0v) is 18.6. The van der Waals surface area contributed by atoms with Crippen molar-refractivity contribution in [2.75, 3.05) is 36.0 Å². The maximum absolute atomic E-state index is 12.9. The summed E-state index contributed by atoms with van der Waals surface area (Å²) in [6.07, 6.45) is -2.88. The standard InChI is InChI=1S/C25H23F3N4O2/c1-30-21-5-3-2-4-19(21)22(20(14-29)23(30)33)32-13-11-24(16-32)10-12-31(15-24)17-6-8-18(9-7-17)34-25(26,27)28/h2-9H,10-13,15-16H2,1H3. The van der Waals surface area contributed by atoms with Crippen LogP contribution in [0.3, 0.4) is 0 Å². The Morgan fingerprint density at radius 2 is 1.65 bits per heavy atom. The molecule has 0 amide bonds. The van der Waals surface area contributed by atoms with Gasteiger partial charge in [-0.3, -0.25) is 4.79 Å². The second-order valence-electron chi connectivity index (χ2n) is 9.10. The number of nitriles is 1. The van der Waals surface area contributed by atoms with E-state index >= 15 is 0 Å². The zero-order chi connectivity index (χ0) is 24.1. The highest BCUT2D eigenvalue weighted by Crippen LogP contribution is 2.44. The van der Waals surface area contributed by atoms with E-state index in [1.54, 1.807) is 19.2 Å². The average Bonchev–Trinajstić information content (AvgIpc) is 3.42. The Balaban J connectivity index is 1.39. The van der Waals surface area contributed by atoms with Gasteiger partial charge in [0, 0.05) is 49.7 Å². The minimum Gasteiger partial charge on any atom is -0.406 e. The maximum Gasteiger partial charge on any atom is 0.573 e. The summed E-state index contributed by atoms with van der Waals surface area (Å²) in [5.74, 6) is -0.237. The first-order chi connectivity index (χ1) is 16.2. The van der Waals surface area contributed by atoms with E-state index in [9.17, 15) is 23.2 Å². The molecule has 2 aromatic carbocycles. The highest BCUT2D eigenvalue weighted by Gasteiger charge is 2.44. The van der Waals surface area contributed by atoms with E-state index in [4.69, 9.17) is 0 Å². The third-order valence-electron chi connectivity index (χ3n) is 7.02. The van der Waals surface area contributed by atoms with Crippen molar-refractivity contribution in [1.82, 2.24) is 4.57 Å². The second kappa shape index (κ2) is 7.97. The molecule has 0 aliphatic carbocycles. The lowest BCUT2D eigenvalue weighted by Crippen LogP contribution is -2.32. The van der Waals surface area contributed by atoms with Crippen LogP contribution in [0.4, 0.5) is 24.5 Å². The van der Waals surface area contributed by atoms with Crippen molar-refractivity contribution in [3.8, 4) is 11.8 Å². The van der Waals surface area contributed by atoms with Crippen LogP contribution in [0.5, 0.6) is 5.75 Å². The molecular formula is C25H23F3N4O2. The van der Waals surface area contributed by atoms with E-state index in [2.05, 4.69) is 20.6 Å². The summed E-state index contributed by atoms with van der Waals surface area (Å²) in [4.78, 5) is 17.2. The Bertz CT molecular complexity index is 1340. The van der Waals surface area contributed by atoms with E-state index < -0.39 is 6.36 Å². The molecule has 3 aromatic rings. The number of aryl methyl sites for hydroxylation is 1. The van der Waals surface area contributed by atoms with Gasteiger partial charge in [0.25, 0.3) is 5.56 Å². The fourth-order valence-corrected chi connectivity index (χ4v) is 5.38. The Morgan fingerprint density at radius 3 is 2.32 bits per heavy atom. The number of hydrogen-bond acceptors (Lipinski definition) is 5. The fraction of sp³-hybridized carbons (Fsp3) is 0.360. The number of hydrogen-bond donors (Lipinski definition) is 0. The molecule has 1 spiro atoms. The van der Waals surface area contributed by atoms with Gasteiger partial charge in [0.1, 0.15) is 17.4 Å². The molecule has 176 valence electrons. The number of anilines is 2. The van der Waals surface area contributed by atoms with Crippen molar-refractivity contribution in [2.24, 2.45) is 12.5 Å². The van der Waals surface area contributed by atoms with Crippen molar-refractivity contribution >= 4 is 22.3 Å². The average molecular weight is 468 g/mol. The first kappa shape index (κ1) is 22.1. The van der Waals surface area contributed by atoms with Crippen LogP contribution < -0.4 is 20.1 Å². The van der Waals surface area contributed by atoms with E-state index in [0.29, 0.717) is 12.2 Å². The van der Waals surface area contributed by atoms with E-state index in [0.717, 1.165) is 49.1 Å². The number of nitrogens with zero attached hydrogens (tertiary/aromatic N) is 4. The van der Waals surface area contributed by atoms with Crippen molar-refractivity contribution in [1.29, 1.82) is 5.26 Å².